The SMILES string of the molecule is c1ccc([C@@H]2COC(CP(c3ccccc3)c3ccccc3)=N2)cc1. The second-order valence-electron chi connectivity index (χ2n) is 6.02. The Labute approximate surface area is 150 Å². The topological polar surface area (TPSA) is 21.6 Å². The van der Waals surface area contributed by atoms with Crippen molar-refractivity contribution in [2.45, 2.75) is 6.04 Å². The number of hydrogen-bond acceptors (Lipinski definition) is 2. The summed E-state index contributed by atoms with van der Waals surface area (Å²) < 4.78 is 5.96. The van der Waals surface area contributed by atoms with E-state index in [-0.39, 0.29) is 6.04 Å². The lowest BCUT2D eigenvalue weighted by Gasteiger charge is -2.18. The molecule has 25 heavy (non-hydrogen) atoms. The van der Waals surface area contributed by atoms with Gasteiger partial charge in [-0.2, -0.15) is 0 Å². The summed E-state index contributed by atoms with van der Waals surface area (Å²) in [6.45, 7) is 0.645. The molecular formula is C22H20NOP. The van der Waals surface area contributed by atoms with Crippen LogP contribution in [0.4, 0.5) is 0 Å². The first kappa shape index (κ1) is 16.1. The molecule has 0 unspecified atom stereocenters. The van der Waals surface area contributed by atoms with E-state index in [4.69, 9.17) is 9.73 Å². The van der Waals surface area contributed by atoms with Crippen molar-refractivity contribution in [3.05, 3.63) is 96.6 Å². The maximum atomic E-state index is 5.96. The Balaban J connectivity index is 1.59. The van der Waals surface area contributed by atoms with Crippen molar-refractivity contribution in [3.63, 3.8) is 0 Å². The van der Waals surface area contributed by atoms with Crippen LogP contribution >= 0.6 is 7.92 Å². The molecule has 0 radical (unpaired) electrons. The molecule has 0 spiro atoms. The molecule has 0 aromatic heterocycles. The van der Waals surface area contributed by atoms with Crippen LogP contribution in [-0.4, -0.2) is 18.7 Å². The van der Waals surface area contributed by atoms with Crippen LogP contribution < -0.4 is 10.6 Å². The third kappa shape index (κ3) is 3.81. The minimum atomic E-state index is -0.506. The highest BCUT2D eigenvalue weighted by atomic mass is 31.1. The molecule has 0 fully saturated rings. The molecular weight excluding hydrogens is 325 g/mol. The maximum absolute atomic E-state index is 5.96. The Bertz CT molecular complexity index is 794. The van der Waals surface area contributed by atoms with Gasteiger partial charge in [0.1, 0.15) is 12.6 Å². The maximum Gasteiger partial charge on any atom is 0.189 e. The van der Waals surface area contributed by atoms with Crippen LogP contribution in [0.2, 0.25) is 0 Å². The van der Waals surface area contributed by atoms with Gasteiger partial charge in [-0.25, -0.2) is 4.99 Å². The summed E-state index contributed by atoms with van der Waals surface area (Å²) in [6, 6.07) is 31.9. The molecule has 3 aromatic carbocycles. The highest BCUT2D eigenvalue weighted by Gasteiger charge is 2.24. The zero-order chi connectivity index (χ0) is 16.9. The summed E-state index contributed by atoms with van der Waals surface area (Å²) in [5.74, 6) is 0.882. The zero-order valence-corrected chi connectivity index (χ0v) is 14.8. The normalized spacial score (nSPS) is 16.5. The van der Waals surface area contributed by atoms with E-state index >= 15 is 0 Å². The van der Waals surface area contributed by atoms with Crippen molar-refractivity contribution in [1.82, 2.24) is 0 Å². The average Bonchev–Trinajstić information content (AvgIpc) is 3.17. The Morgan fingerprint density at radius 3 is 1.84 bits per heavy atom. The third-order valence-corrected chi connectivity index (χ3v) is 6.75. The van der Waals surface area contributed by atoms with E-state index in [0.29, 0.717) is 6.61 Å². The van der Waals surface area contributed by atoms with Crippen molar-refractivity contribution in [2.24, 2.45) is 4.99 Å². The predicted octanol–water partition coefficient (Wildman–Crippen LogP) is 4.29. The van der Waals surface area contributed by atoms with Crippen LogP contribution in [0.5, 0.6) is 0 Å². The fourth-order valence-electron chi connectivity index (χ4n) is 3.04. The molecule has 0 amide bonds. The summed E-state index contributed by atoms with van der Waals surface area (Å²) in [5.41, 5.74) is 1.22. The summed E-state index contributed by atoms with van der Waals surface area (Å²) in [7, 11) is -0.506. The Kier molecular flexibility index (Phi) is 4.90. The van der Waals surface area contributed by atoms with Crippen molar-refractivity contribution >= 4 is 24.4 Å². The van der Waals surface area contributed by atoms with Gasteiger partial charge in [-0.15, -0.1) is 0 Å². The smallest absolute Gasteiger partial charge is 0.189 e. The molecule has 0 aliphatic carbocycles. The lowest BCUT2D eigenvalue weighted by atomic mass is 10.1. The first-order valence-corrected chi connectivity index (χ1v) is 10.0. The number of rotatable bonds is 5. The number of ether oxygens (including phenoxy) is 1. The van der Waals surface area contributed by atoms with Gasteiger partial charge in [0, 0.05) is 0 Å². The molecule has 1 aliphatic rings. The molecule has 124 valence electrons. The van der Waals surface area contributed by atoms with E-state index in [1.807, 2.05) is 6.07 Å². The minimum absolute atomic E-state index is 0.125. The molecule has 3 heteroatoms. The van der Waals surface area contributed by atoms with Crippen LogP contribution in [0.15, 0.2) is 96.0 Å². The van der Waals surface area contributed by atoms with E-state index < -0.39 is 7.92 Å². The van der Waals surface area contributed by atoms with Crippen molar-refractivity contribution in [1.29, 1.82) is 0 Å². The predicted molar refractivity (Wildman–Crippen MR) is 107 cm³/mol. The lowest BCUT2D eigenvalue weighted by molar-refractivity contribution is 0.317. The molecule has 1 atom stereocenters. The van der Waals surface area contributed by atoms with Gasteiger partial charge in [-0.05, 0) is 24.1 Å². The monoisotopic (exact) mass is 345 g/mol. The first-order valence-electron chi connectivity index (χ1n) is 8.52. The standard InChI is InChI=1S/C22H20NOP/c1-4-10-18(11-5-1)21-16-24-22(23-21)17-25(19-12-6-2-7-13-19)20-14-8-3-9-15-20/h1-15,21H,16-17H2/t21-/m0/s1. The number of hydrogen-bond donors (Lipinski definition) is 0. The Morgan fingerprint density at radius 2 is 1.28 bits per heavy atom. The average molecular weight is 345 g/mol. The lowest BCUT2D eigenvalue weighted by Crippen LogP contribution is -2.18. The molecule has 0 saturated carbocycles. The van der Waals surface area contributed by atoms with E-state index in [0.717, 1.165) is 12.1 Å². The summed E-state index contributed by atoms with van der Waals surface area (Å²) >= 11 is 0. The fraction of sp³-hybridized carbons (Fsp3) is 0.136. The zero-order valence-electron chi connectivity index (χ0n) is 14.0. The molecule has 4 rings (SSSR count). The fourth-order valence-corrected chi connectivity index (χ4v) is 5.21. The molecule has 0 saturated heterocycles. The van der Waals surface area contributed by atoms with Crippen molar-refractivity contribution in [3.8, 4) is 0 Å². The second-order valence-corrected chi connectivity index (χ2v) is 8.22. The highest BCUT2D eigenvalue weighted by molar-refractivity contribution is 7.73. The molecule has 2 nitrogen and oxygen atoms in total. The van der Waals surface area contributed by atoms with E-state index in [2.05, 4.69) is 84.9 Å². The van der Waals surface area contributed by atoms with Crippen LogP contribution in [-0.2, 0) is 4.74 Å². The first-order chi connectivity index (χ1) is 12.4. The van der Waals surface area contributed by atoms with Crippen molar-refractivity contribution in [2.75, 3.05) is 12.8 Å². The van der Waals surface area contributed by atoms with E-state index in [1.54, 1.807) is 0 Å². The highest BCUT2D eigenvalue weighted by Crippen LogP contribution is 2.35. The third-order valence-electron chi connectivity index (χ3n) is 4.32. The van der Waals surface area contributed by atoms with Crippen LogP contribution in [0, 0.1) is 0 Å². The van der Waals surface area contributed by atoms with Gasteiger partial charge in [-0.1, -0.05) is 91.0 Å². The van der Waals surface area contributed by atoms with E-state index in [1.165, 1.54) is 16.2 Å². The van der Waals surface area contributed by atoms with Gasteiger partial charge in [0.25, 0.3) is 0 Å². The summed E-state index contributed by atoms with van der Waals surface area (Å²) in [4.78, 5) is 4.86. The van der Waals surface area contributed by atoms with Crippen molar-refractivity contribution < 1.29 is 4.74 Å². The van der Waals surface area contributed by atoms with Gasteiger partial charge in [0.15, 0.2) is 5.90 Å². The molecule has 0 bridgehead atoms. The quantitative estimate of drug-likeness (QED) is 0.632. The number of nitrogens with zero attached hydrogens (tertiary/aromatic N) is 1. The van der Waals surface area contributed by atoms with Gasteiger partial charge in [0.2, 0.25) is 0 Å². The minimum Gasteiger partial charge on any atom is -0.478 e. The van der Waals surface area contributed by atoms with Crippen LogP contribution in [0.1, 0.15) is 11.6 Å². The molecule has 1 aliphatic heterocycles. The molecule has 3 aromatic rings. The molecule has 1 heterocycles. The van der Waals surface area contributed by atoms with Crippen LogP contribution in [0.25, 0.3) is 0 Å². The van der Waals surface area contributed by atoms with Crippen LogP contribution in [0.3, 0.4) is 0 Å². The Hall–Kier alpha value is -2.44. The second kappa shape index (κ2) is 7.63. The number of aliphatic imine (C=N–C) groups is 1. The summed E-state index contributed by atoms with van der Waals surface area (Å²) in [5, 5.41) is 2.72. The van der Waals surface area contributed by atoms with Gasteiger partial charge in [0.05, 0.1) is 6.16 Å². The Morgan fingerprint density at radius 1 is 0.760 bits per heavy atom. The van der Waals surface area contributed by atoms with Gasteiger partial charge >= 0.3 is 0 Å². The molecule has 0 N–H and O–H groups in total. The summed E-state index contributed by atoms with van der Waals surface area (Å²) in [6.07, 6.45) is 0.854. The number of benzene rings is 3. The van der Waals surface area contributed by atoms with Gasteiger partial charge < -0.3 is 4.74 Å². The largest absolute Gasteiger partial charge is 0.478 e. The van der Waals surface area contributed by atoms with E-state index in [9.17, 15) is 0 Å². The van der Waals surface area contributed by atoms with Gasteiger partial charge in [-0.3, -0.25) is 0 Å².